The van der Waals surface area contributed by atoms with Crippen LogP contribution in [0.25, 0.3) is 0 Å². The number of hydrogen-bond acceptors (Lipinski definition) is 3. The fourth-order valence-electron chi connectivity index (χ4n) is 2.50. The number of hydrogen-bond donors (Lipinski definition) is 2. The lowest BCUT2D eigenvalue weighted by Crippen LogP contribution is -2.39. The molecule has 2 rings (SSSR count). The Balaban J connectivity index is 1.98. The van der Waals surface area contributed by atoms with E-state index in [1.807, 2.05) is 30.5 Å². The van der Waals surface area contributed by atoms with E-state index in [2.05, 4.69) is 5.32 Å². The van der Waals surface area contributed by atoms with Crippen molar-refractivity contribution in [1.82, 2.24) is 5.32 Å². The van der Waals surface area contributed by atoms with Crippen LogP contribution < -0.4 is 11.1 Å². The van der Waals surface area contributed by atoms with Crippen LogP contribution in [0.3, 0.4) is 0 Å². The minimum Gasteiger partial charge on any atom is -0.349 e. The summed E-state index contributed by atoms with van der Waals surface area (Å²) in [7, 11) is 0. The van der Waals surface area contributed by atoms with Crippen molar-refractivity contribution in [1.29, 1.82) is 0 Å². The van der Waals surface area contributed by atoms with Gasteiger partial charge in [-0.1, -0.05) is 6.42 Å². The Kier molecular flexibility index (Phi) is 4.66. The zero-order valence-corrected chi connectivity index (χ0v) is 11.5. The molecule has 0 spiro atoms. The van der Waals surface area contributed by atoms with Crippen LogP contribution in [-0.4, -0.2) is 24.7 Å². The molecule has 98 valence electrons. The summed E-state index contributed by atoms with van der Waals surface area (Å²) in [4.78, 5) is 13.3. The summed E-state index contributed by atoms with van der Waals surface area (Å²) in [5, 5.41) is 3.11. The van der Waals surface area contributed by atoms with E-state index in [0.717, 1.165) is 24.8 Å². The van der Waals surface area contributed by atoms with Gasteiger partial charge in [0.05, 0.1) is 0 Å². The highest BCUT2D eigenvalue weighted by atomic mass is 32.2. The maximum atomic E-state index is 12.1. The normalized spacial score (nSPS) is 23.0. The summed E-state index contributed by atoms with van der Waals surface area (Å²) in [6.07, 6.45) is 5.38. The first-order valence-corrected chi connectivity index (χ1v) is 7.62. The molecule has 0 saturated heterocycles. The first-order chi connectivity index (χ1) is 8.74. The Bertz CT molecular complexity index is 405. The Labute approximate surface area is 113 Å². The molecule has 1 aliphatic carbocycles. The molecule has 1 aromatic rings. The second kappa shape index (κ2) is 6.25. The molecule has 18 heavy (non-hydrogen) atoms. The van der Waals surface area contributed by atoms with E-state index in [1.165, 1.54) is 4.90 Å². The molecule has 1 aliphatic rings. The van der Waals surface area contributed by atoms with E-state index in [9.17, 15) is 4.79 Å². The van der Waals surface area contributed by atoms with Gasteiger partial charge in [0, 0.05) is 16.5 Å². The number of amides is 1. The van der Waals surface area contributed by atoms with Gasteiger partial charge in [-0.25, -0.2) is 0 Å². The van der Waals surface area contributed by atoms with E-state index >= 15 is 0 Å². The third-order valence-corrected chi connectivity index (χ3v) is 4.37. The number of rotatable bonds is 4. The maximum Gasteiger partial charge on any atom is 0.251 e. The van der Waals surface area contributed by atoms with Gasteiger partial charge in [-0.05, 0) is 55.8 Å². The van der Waals surface area contributed by atoms with Gasteiger partial charge >= 0.3 is 0 Å². The molecule has 0 heterocycles. The molecule has 3 N–H and O–H groups in total. The average molecular weight is 264 g/mol. The molecule has 1 fully saturated rings. The second-order valence-electron chi connectivity index (χ2n) is 4.74. The molecule has 2 unspecified atom stereocenters. The minimum absolute atomic E-state index is 0.0213. The maximum absolute atomic E-state index is 12.1. The van der Waals surface area contributed by atoms with Crippen molar-refractivity contribution in [2.24, 2.45) is 11.7 Å². The van der Waals surface area contributed by atoms with Crippen LogP contribution in [0.2, 0.25) is 0 Å². The van der Waals surface area contributed by atoms with Gasteiger partial charge in [-0.15, -0.1) is 11.8 Å². The lowest BCUT2D eigenvalue weighted by Gasteiger charge is -2.19. The van der Waals surface area contributed by atoms with Crippen molar-refractivity contribution in [2.75, 3.05) is 12.8 Å². The number of carbonyl (C=O) groups excluding carboxylic acids is 1. The number of benzene rings is 1. The predicted octanol–water partition coefficient (Wildman–Crippen LogP) is 2.27. The van der Waals surface area contributed by atoms with Crippen LogP contribution in [0.5, 0.6) is 0 Å². The third kappa shape index (κ3) is 3.06. The molecular formula is C14H20N2OS. The molecule has 1 aromatic carbocycles. The van der Waals surface area contributed by atoms with Gasteiger partial charge in [0.25, 0.3) is 5.91 Å². The van der Waals surface area contributed by atoms with Crippen LogP contribution in [0, 0.1) is 5.92 Å². The van der Waals surface area contributed by atoms with Gasteiger partial charge < -0.3 is 11.1 Å². The average Bonchev–Trinajstić information content (AvgIpc) is 2.86. The van der Waals surface area contributed by atoms with Crippen LogP contribution in [0.1, 0.15) is 29.6 Å². The highest BCUT2D eigenvalue weighted by molar-refractivity contribution is 7.98. The highest BCUT2D eigenvalue weighted by Gasteiger charge is 2.27. The molecule has 2 atom stereocenters. The molecular weight excluding hydrogens is 244 g/mol. The summed E-state index contributed by atoms with van der Waals surface area (Å²) in [6, 6.07) is 7.98. The summed E-state index contributed by atoms with van der Waals surface area (Å²) < 4.78 is 0. The monoisotopic (exact) mass is 264 g/mol. The zero-order valence-electron chi connectivity index (χ0n) is 10.7. The number of carbonyl (C=O) groups is 1. The van der Waals surface area contributed by atoms with Gasteiger partial charge in [0.15, 0.2) is 0 Å². The Morgan fingerprint density at radius 3 is 2.72 bits per heavy atom. The quantitative estimate of drug-likeness (QED) is 0.820. The second-order valence-corrected chi connectivity index (χ2v) is 5.61. The summed E-state index contributed by atoms with van der Waals surface area (Å²) in [5.41, 5.74) is 6.45. The van der Waals surface area contributed by atoms with Gasteiger partial charge in [-0.2, -0.15) is 0 Å². The summed E-state index contributed by atoms with van der Waals surface area (Å²) >= 11 is 1.68. The number of nitrogens with two attached hydrogens (primary N) is 1. The molecule has 3 nitrogen and oxygen atoms in total. The standard InChI is InChI=1S/C14H20N2OS/c1-18-12-7-5-10(6-8-12)14(17)16-13-4-2-3-11(13)9-15/h5-8,11,13H,2-4,9,15H2,1H3,(H,16,17). The first-order valence-electron chi connectivity index (χ1n) is 6.39. The Hall–Kier alpha value is -1.00. The molecule has 1 saturated carbocycles. The summed E-state index contributed by atoms with van der Waals surface area (Å²) in [5.74, 6) is 0.465. The van der Waals surface area contributed by atoms with E-state index in [0.29, 0.717) is 12.5 Å². The van der Waals surface area contributed by atoms with E-state index < -0.39 is 0 Å². The van der Waals surface area contributed by atoms with Crippen LogP contribution in [0.15, 0.2) is 29.2 Å². The lowest BCUT2D eigenvalue weighted by molar-refractivity contribution is 0.0928. The molecule has 0 aliphatic heterocycles. The fourth-order valence-corrected chi connectivity index (χ4v) is 2.91. The van der Waals surface area contributed by atoms with Crippen molar-refractivity contribution in [3.05, 3.63) is 29.8 Å². The van der Waals surface area contributed by atoms with Crippen molar-refractivity contribution in [3.63, 3.8) is 0 Å². The van der Waals surface area contributed by atoms with Crippen molar-refractivity contribution in [2.45, 2.75) is 30.2 Å². The molecule has 1 amide bonds. The molecule has 0 bridgehead atoms. The van der Waals surface area contributed by atoms with Crippen molar-refractivity contribution in [3.8, 4) is 0 Å². The SMILES string of the molecule is CSc1ccc(C(=O)NC2CCCC2CN)cc1. The van der Waals surface area contributed by atoms with Crippen molar-refractivity contribution < 1.29 is 4.79 Å². The predicted molar refractivity (Wildman–Crippen MR) is 75.9 cm³/mol. The van der Waals surface area contributed by atoms with E-state index in [4.69, 9.17) is 5.73 Å². The molecule has 0 aromatic heterocycles. The van der Waals surface area contributed by atoms with Crippen molar-refractivity contribution >= 4 is 17.7 Å². The largest absolute Gasteiger partial charge is 0.349 e. The fraction of sp³-hybridized carbons (Fsp3) is 0.500. The van der Waals surface area contributed by atoms with Gasteiger partial charge in [-0.3, -0.25) is 4.79 Å². The topological polar surface area (TPSA) is 55.1 Å². The molecule has 0 radical (unpaired) electrons. The zero-order chi connectivity index (χ0) is 13.0. The lowest BCUT2D eigenvalue weighted by atomic mass is 10.0. The van der Waals surface area contributed by atoms with Gasteiger partial charge in [0.1, 0.15) is 0 Å². The first kappa shape index (κ1) is 13.4. The van der Waals surface area contributed by atoms with E-state index in [1.54, 1.807) is 11.8 Å². The third-order valence-electron chi connectivity index (χ3n) is 3.63. The smallest absolute Gasteiger partial charge is 0.251 e. The van der Waals surface area contributed by atoms with Crippen LogP contribution in [0.4, 0.5) is 0 Å². The van der Waals surface area contributed by atoms with Gasteiger partial charge in [0.2, 0.25) is 0 Å². The number of nitrogens with one attached hydrogen (secondary N) is 1. The van der Waals surface area contributed by atoms with Crippen LogP contribution in [-0.2, 0) is 0 Å². The minimum atomic E-state index is 0.0213. The highest BCUT2D eigenvalue weighted by Crippen LogP contribution is 2.25. The molecule has 4 heteroatoms. The van der Waals surface area contributed by atoms with Crippen LogP contribution >= 0.6 is 11.8 Å². The Morgan fingerprint density at radius 2 is 2.11 bits per heavy atom. The van der Waals surface area contributed by atoms with E-state index in [-0.39, 0.29) is 11.9 Å². The number of thioether (sulfide) groups is 1. The Morgan fingerprint density at radius 1 is 1.39 bits per heavy atom. The summed E-state index contributed by atoms with van der Waals surface area (Å²) in [6.45, 7) is 0.663.